The van der Waals surface area contributed by atoms with Gasteiger partial charge in [-0.1, -0.05) is 34.6 Å². The maximum absolute atomic E-state index is 4.47. The Morgan fingerprint density at radius 3 is 2.29 bits per heavy atom. The second-order valence-corrected chi connectivity index (χ2v) is 4.52. The van der Waals surface area contributed by atoms with E-state index in [1.807, 2.05) is 6.20 Å². The van der Waals surface area contributed by atoms with E-state index in [1.165, 1.54) is 11.3 Å². The van der Waals surface area contributed by atoms with Crippen molar-refractivity contribution >= 4 is 0 Å². The van der Waals surface area contributed by atoms with Crippen LogP contribution < -0.4 is 0 Å². The quantitative estimate of drug-likeness (QED) is 0.717. The Morgan fingerprint density at radius 1 is 1.21 bits per heavy atom. The van der Waals surface area contributed by atoms with Crippen LogP contribution in [0.2, 0.25) is 0 Å². The molecule has 0 saturated heterocycles. The van der Waals surface area contributed by atoms with E-state index in [4.69, 9.17) is 0 Å². The molecule has 0 unspecified atom stereocenters. The van der Waals surface area contributed by atoms with Crippen LogP contribution in [0.15, 0.2) is 6.20 Å². The van der Waals surface area contributed by atoms with Crippen LogP contribution in [-0.2, 0) is 6.54 Å². The van der Waals surface area contributed by atoms with Crippen molar-refractivity contribution in [3.05, 3.63) is 17.5 Å². The van der Waals surface area contributed by atoms with Crippen molar-refractivity contribution in [1.82, 2.24) is 9.78 Å². The van der Waals surface area contributed by atoms with Gasteiger partial charge in [0.05, 0.1) is 6.20 Å². The van der Waals surface area contributed by atoms with Crippen LogP contribution >= 0.6 is 0 Å². The minimum atomic E-state index is 0.571. The molecule has 0 aliphatic heterocycles. The Hall–Kier alpha value is -0.790. The van der Waals surface area contributed by atoms with Crippen molar-refractivity contribution < 1.29 is 0 Å². The molecule has 0 amide bonds. The molecule has 0 radical (unpaired) electrons. The molecular weight excluding hydrogens is 172 g/mol. The average Bonchev–Trinajstić information content (AvgIpc) is 2.48. The van der Waals surface area contributed by atoms with Crippen molar-refractivity contribution in [1.29, 1.82) is 0 Å². The minimum Gasteiger partial charge on any atom is -0.269 e. The number of hydrogen-bond acceptors (Lipinski definition) is 1. The highest BCUT2D eigenvalue weighted by Gasteiger charge is 2.15. The zero-order valence-corrected chi connectivity index (χ0v) is 10.0. The Kier molecular flexibility index (Phi) is 3.73. The molecule has 0 aliphatic rings. The molecule has 2 nitrogen and oxygen atoms in total. The molecular formula is C12H22N2. The van der Waals surface area contributed by atoms with Gasteiger partial charge >= 0.3 is 0 Å². The van der Waals surface area contributed by atoms with Gasteiger partial charge in [0.2, 0.25) is 0 Å². The first kappa shape index (κ1) is 11.3. The third kappa shape index (κ3) is 2.17. The van der Waals surface area contributed by atoms with Crippen molar-refractivity contribution in [2.24, 2.45) is 0 Å². The van der Waals surface area contributed by atoms with Gasteiger partial charge in [-0.3, -0.25) is 4.68 Å². The predicted molar refractivity (Wildman–Crippen MR) is 60.7 cm³/mol. The highest BCUT2D eigenvalue weighted by atomic mass is 15.3. The first-order chi connectivity index (χ1) is 6.57. The number of aromatic nitrogens is 2. The Morgan fingerprint density at radius 2 is 1.86 bits per heavy atom. The van der Waals surface area contributed by atoms with Gasteiger partial charge in [0, 0.05) is 12.2 Å². The molecule has 0 N–H and O–H groups in total. The molecule has 0 spiro atoms. The van der Waals surface area contributed by atoms with Crippen LogP contribution in [0.3, 0.4) is 0 Å². The number of nitrogens with zero attached hydrogens (tertiary/aromatic N) is 2. The van der Waals surface area contributed by atoms with E-state index < -0.39 is 0 Å². The zero-order chi connectivity index (χ0) is 10.7. The summed E-state index contributed by atoms with van der Waals surface area (Å²) in [4.78, 5) is 0. The van der Waals surface area contributed by atoms with Gasteiger partial charge in [0.1, 0.15) is 0 Å². The molecule has 0 bridgehead atoms. The molecule has 2 heteroatoms. The van der Waals surface area contributed by atoms with Crippen LogP contribution in [0.1, 0.15) is 64.1 Å². The van der Waals surface area contributed by atoms with Crippen LogP contribution in [0.25, 0.3) is 0 Å². The summed E-state index contributed by atoms with van der Waals surface area (Å²) in [5, 5.41) is 4.47. The second-order valence-electron chi connectivity index (χ2n) is 4.52. The molecule has 0 aromatic carbocycles. The topological polar surface area (TPSA) is 17.8 Å². The van der Waals surface area contributed by atoms with E-state index in [9.17, 15) is 0 Å². The standard InChI is InChI=1S/C12H22N2/c1-6-7-14-12(10(4)5)11(8-13-14)9(2)3/h8-10H,6-7H2,1-5H3. The molecule has 1 heterocycles. The fourth-order valence-electron chi connectivity index (χ4n) is 1.88. The first-order valence-electron chi connectivity index (χ1n) is 5.63. The second kappa shape index (κ2) is 4.63. The normalized spacial score (nSPS) is 11.6. The van der Waals surface area contributed by atoms with Gasteiger partial charge in [-0.2, -0.15) is 5.10 Å². The summed E-state index contributed by atoms with van der Waals surface area (Å²) >= 11 is 0. The lowest BCUT2D eigenvalue weighted by molar-refractivity contribution is 0.554. The van der Waals surface area contributed by atoms with Crippen molar-refractivity contribution in [3.63, 3.8) is 0 Å². The highest BCUT2D eigenvalue weighted by molar-refractivity contribution is 5.24. The van der Waals surface area contributed by atoms with E-state index in [0.717, 1.165) is 13.0 Å². The maximum Gasteiger partial charge on any atom is 0.0527 e. The molecule has 0 saturated carbocycles. The third-order valence-corrected chi connectivity index (χ3v) is 2.51. The first-order valence-corrected chi connectivity index (χ1v) is 5.63. The van der Waals surface area contributed by atoms with E-state index in [-0.39, 0.29) is 0 Å². The number of rotatable bonds is 4. The minimum absolute atomic E-state index is 0.571. The van der Waals surface area contributed by atoms with Crippen molar-refractivity contribution in [2.75, 3.05) is 0 Å². The molecule has 1 rings (SSSR count). The summed E-state index contributed by atoms with van der Waals surface area (Å²) in [5.74, 6) is 1.15. The molecule has 14 heavy (non-hydrogen) atoms. The Bertz CT molecular complexity index is 285. The SMILES string of the molecule is CCCn1ncc(C(C)C)c1C(C)C. The molecule has 1 aromatic rings. The highest BCUT2D eigenvalue weighted by Crippen LogP contribution is 2.25. The van der Waals surface area contributed by atoms with Crippen molar-refractivity contribution in [2.45, 2.75) is 59.4 Å². The van der Waals surface area contributed by atoms with Gasteiger partial charge in [-0.25, -0.2) is 0 Å². The average molecular weight is 194 g/mol. The predicted octanol–water partition coefficient (Wildman–Crippen LogP) is 3.54. The van der Waals surface area contributed by atoms with Crippen LogP contribution in [-0.4, -0.2) is 9.78 Å². The number of hydrogen-bond donors (Lipinski definition) is 0. The summed E-state index contributed by atoms with van der Waals surface area (Å²) in [5.41, 5.74) is 2.83. The lowest BCUT2D eigenvalue weighted by Crippen LogP contribution is -2.07. The molecule has 0 aliphatic carbocycles. The summed E-state index contributed by atoms with van der Waals surface area (Å²) in [6.07, 6.45) is 3.19. The maximum atomic E-state index is 4.47. The zero-order valence-electron chi connectivity index (χ0n) is 10.0. The van der Waals surface area contributed by atoms with Gasteiger partial charge in [-0.05, 0) is 23.8 Å². The van der Waals surface area contributed by atoms with Crippen molar-refractivity contribution in [3.8, 4) is 0 Å². The number of aryl methyl sites for hydroxylation is 1. The lowest BCUT2D eigenvalue weighted by atomic mass is 9.98. The monoisotopic (exact) mass is 194 g/mol. The van der Waals surface area contributed by atoms with Gasteiger partial charge in [0.25, 0.3) is 0 Å². The van der Waals surface area contributed by atoms with Crippen LogP contribution in [0.4, 0.5) is 0 Å². The fourth-order valence-corrected chi connectivity index (χ4v) is 1.88. The van der Waals surface area contributed by atoms with E-state index in [0.29, 0.717) is 11.8 Å². The Labute approximate surface area is 87.3 Å². The van der Waals surface area contributed by atoms with Gasteiger partial charge in [0.15, 0.2) is 0 Å². The smallest absolute Gasteiger partial charge is 0.0527 e. The Balaban J connectivity index is 3.07. The fraction of sp³-hybridized carbons (Fsp3) is 0.750. The van der Waals surface area contributed by atoms with Gasteiger partial charge < -0.3 is 0 Å². The molecule has 1 aromatic heterocycles. The van der Waals surface area contributed by atoms with Crippen LogP contribution in [0, 0.1) is 0 Å². The summed E-state index contributed by atoms with van der Waals surface area (Å²) in [7, 11) is 0. The molecule has 0 fully saturated rings. The van der Waals surface area contributed by atoms with E-state index in [1.54, 1.807) is 0 Å². The molecule has 0 atom stereocenters. The molecule has 80 valence electrons. The summed E-state index contributed by atoms with van der Waals surface area (Å²) in [6.45, 7) is 12.2. The summed E-state index contributed by atoms with van der Waals surface area (Å²) < 4.78 is 2.17. The van der Waals surface area contributed by atoms with E-state index in [2.05, 4.69) is 44.4 Å². The van der Waals surface area contributed by atoms with Gasteiger partial charge in [-0.15, -0.1) is 0 Å². The van der Waals surface area contributed by atoms with E-state index >= 15 is 0 Å². The lowest BCUT2D eigenvalue weighted by Gasteiger charge is -2.13. The van der Waals surface area contributed by atoms with Crippen LogP contribution in [0.5, 0.6) is 0 Å². The largest absolute Gasteiger partial charge is 0.269 e. The summed E-state index contributed by atoms with van der Waals surface area (Å²) in [6, 6.07) is 0. The third-order valence-electron chi connectivity index (χ3n) is 2.51.